The van der Waals surface area contributed by atoms with Crippen molar-refractivity contribution in [1.82, 2.24) is 4.90 Å². The van der Waals surface area contributed by atoms with E-state index in [-0.39, 0.29) is 0 Å². The van der Waals surface area contributed by atoms with Gasteiger partial charge in [-0.05, 0) is 60.2 Å². The fourth-order valence-electron chi connectivity index (χ4n) is 4.05. The number of nitrogens with zero attached hydrogens (tertiary/aromatic N) is 2. The molecule has 0 radical (unpaired) electrons. The van der Waals surface area contributed by atoms with Crippen LogP contribution in [0.5, 0.6) is 0 Å². The van der Waals surface area contributed by atoms with Crippen LogP contribution in [0.15, 0.2) is 36.4 Å². The van der Waals surface area contributed by atoms with E-state index in [2.05, 4.69) is 60.0 Å². The molecule has 2 aromatic rings. The molecule has 0 amide bonds. The number of rotatable bonds is 4. The highest BCUT2D eigenvalue weighted by molar-refractivity contribution is 8.16. The van der Waals surface area contributed by atoms with E-state index in [1.807, 2.05) is 23.5 Å². The maximum absolute atomic E-state index is 7.05. The van der Waals surface area contributed by atoms with Crippen LogP contribution in [0, 0.1) is 6.92 Å². The zero-order valence-corrected chi connectivity index (χ0v) is 19.2. The second kappa shape index (κ2) is 9.34. The van der Waals surface area contributed by atoms with Crippen LogP contribution in [0.25, 0.3) is 11.1 Å². The summed E-state index contributed by atoms with van der Waals surface area (Å²) in [7, 11) is 0. The van der Waals surface area contributed by atoms with Crippen molar-refractivity contribution in [2.45, 2.75) is 24.9 Å². The van der Waals surface area contributed by atoms with E-state index in [1.54, 1.807) is 0 Å². The van der Waals surface area contributed by atoms with Gasteiger partial charge in [0.05, 0.1) is 9.60 Å². The number of hydrogen-bond acceptors (Lipinski definition) is 4. The van der Waals surface area contributed by atoms with Gasteiger partial charge in [-0.25, -0.2) is 0 Å². The van der Waals surface area contributed by atoms with Gasteiger partial charge < -0.3 is 9.80 Å². The molecule has 2 aliphatic heterocycles. The van der Waals surface area contributed by atoms with Crippen LogP contribution in [-0.4, -0.2) is 49.1 Å². The third kappa shape index (κ3) is 4.35. The second-order valence-corrected chi connectivity index (χ2v) is 10.7. The smallest absolute Gasteiger partial charge is 0.0766 e. The SMILES string of the molecule is CCN1CCN(c2cc(-c3ccccc3C)c(Cl)c(C3SCCCS3)c2)CC1. The predicted octanol–water partition coefficient (Wildman–Crippen LogP) is 6.33. The molecule has 2 saturated heterocycles. The van der Waals surface area contributed by atoms with E-state index in [9.17, 15) is 0 Å². The van der Waals surface area contributed by atoms with Gasteiger partial charge in [0.2, 0.25) is 0 Å². The molecule has 4 rings (SSSR count). The summed E-state index contributed by atoms with van der Waals surface area (Å²) in [4.78, 5) is 5.08. The molecule has 0 saturated carbocycles. The van der Waals surface area contributed by atoms with Crippen molar-refractivity contribution < 1.29 is 0 Å². The van der Waals surface area contributed by atoms with Crippen LogP contribution in [0.3, 0.4) is 0 Å². The predicted molar refractivity (Wildman–Crippen MR) is 128 cm³/mol. The van der Waals surface area contributed by atoms with Crippen LogP contribution < -0.4 is 4.90 Å². The zero-order valence-electron chi connectivity index (χ0n) is 16.8. The molecule has 2 nitrogen and oxygen atoms in total. The second-order valence-electron chi connectivity index (χ2n) is 7.56. The summed E-state index contributed by atoms with van der Waals surface area (Å²) in [5.74, 6) is 2.46. The Morgan fingerprint density at radius 1 is 1.00 bits per heavy atom. The highest BCUT2D eigenvalue weighted by atomic mass is 35.5. The number of thioether (sulfide) groups is 2. The van der Waals surface area contributed by atoms with E-state index in [4.69, 9.17) is 11.6 Å². The van der Waals surface area contributed by atoms with Gasteiger partial charge in [0, 0.05) is 37.4 Å². The number of aryl methyl sites for hydroxylation is 1. The van der Waals surface area contributed by atoms with Crippen molar-refractivity contribution in [1.29, 1.82) is 0 Å². The van der Waals surface area contributed by atoms with Crippen LogP contribution in [0.2, 0.25) is 5.02 Å². The fourth-order valence-corrected chi connectivity index (χ4v) is 7.42. The topological polar surface area (TPSA) is 6.48 Å². The summed E-state index contributed by atoms with van der Waals surface area (Å²) < 4.78 is 0.445. The van der Waals surface area contributed by atoms with Crippen LogP contribution >= 0.6 is 35.1 Å². The molecule has 0 aliphatic carbocycles. The number of halogens is 1. The Morgan fingerprint density at radius 3 is 2.39 bits per heavy atom. The normalized spacial score (nSPS) is 19.2. The molecule has 0 aromatic heterocycles. The number of hydrogen-bond donors (Lipinski definition) is 0. The van der Waals surface area contributed by atoms with Gasteiger partial charge in [0.1, 0.15) is 0 Å². The van der Waals surface area contributed by atoms with Gasteiger partial charge in [-0.3, -0.25) is 0 Å². The Balaban J connectivity index is 1.76. The standard InChI is InChI=1S/C23H29ClN2S2/c1-3-25-9-11-26(12-10-25)18-15-20(19-8-5-4-7-17(19)2)22(24)21(16-18)23-27-13-6-14-28-23/h4-5,7-8,15-16,23H,3,6,9-14H2,1-2H3. The average Bonchev–Trinajstić information content (AvgIpc) is 2.75. The molecule has 0 unspecified atom stereocenters. The van der Waals surface area contributed by atoms with Gasteiger partial charge in [-0.15, -0.1) is 23.5 Å². The Labute approximate surface area is 183 Å². The van der Waals surface area contributed by atoms with Crippen molar-refractivity contribution in [2.24, 2.45) is 0 Å². The van der Waals surface area contributed by atoms with Gasteiger partial charge in [-0.1, -0.05) is 42.8 Å². The molecule has 2 heterocycles. The summed E-state index contributed by atoms with van der Waals surface area (Å²) in [5.41, 5.74) is 6.38. The largest absolute Gasteiger partial charge is 0.369 e. The molecule has 2 aliphatic rings. The molecule has 28 heavy (non-hydrogen) atoms. The van der Waals surface area contributed by atoms with Crippen molar-refractivity contribution in [2.75, 3.05) is 49.1 Å². The molecule has 2 aromatic carbocycles. The summed E-state index contributed by atoms with van der Waals surface area (Å²) in [5, 5.41) is 0.942. The number of piperazine rings is 1. The molecule has 0 bridgehead atoms. The van der Waals surface area contributed by atoms with Gasteiger partial charge >= 0.3 is 0 Å². The van der Waals surface area contributed by atoms with Crippen LogP contribution in [0.1, 0.15) is 29.1 Å². The summed E-state index contributed by atoms with van der Waals surface area (Å²) >= 11 is 11.2. The highest BCUT2D eigenvalue weighted by Gasteiger charge is 2.25. The molecular weight excluding hydrogens is 404 g/mol. The first kappa shape index (κ1) is 20.5. The summed E-state index contributed by atoms with van der Waals surface area (Å²) in [6, 6.07) is 13.3. The lowest BCUT2D eigenvalue weighted by atomic mass is 9.97. The number of benzene rings is 2. The molecular formula is C23H29ClN2S2. The van der Waals surface area contributed by atoms with Crippen molar-refractivity contribution in [3.63, 3.8) is 0 Å². The average molecular weight is 433 g/mol. The molecule has 5 heteroatoms. The summed E-state index contributed by atoms with van der Waals surface area (Å²) in [6.07, 6.45) is 1.30. The van der Waals surface area contributed by atoms with Gasteiger partial charge in [0.15, 0.2) is 0 Å². The molecule has 150 valence electrons. The monoisotopic (exact) mass is 432 g/mol. The third-order valence-electron chi connectivity index (χ3n) is 5.79. The lowest BCUT2D eigenvalue weighted by molar-refractivity contribution is 0.271. The van der Waals surface area contributed by atoms with Gasteiger partial charge in [0.25, 0.3) is 0 Å². The third-order valence-corrected chi connectivity index (χ3v) is 9.19. The number of anilines is 1. The van der Waals surface area contributed by atoms with Crippen molar-refractivity contribution in [3.05, 3.63) is 52.5 Å². The van der Waals surface area contributed by atoms with Crippen molar-refractivity contribution >= 4 is 40.8 Å². The Hall–Kier alpha value is -0.810. The van der Waals surface area contributed by atoms with E-state index in [1.165, 1.54) is 45.9 Å². The van der Waals surface area contributed by atoms with E-state index >= 15 is 0 Å². The minimum atomic E-state index is 0.445. The van der Waals surface area contributed by atoms with Crippen molar-refractivity contribution in [3.8, 4) is 11.1 Å². The Morgan fingerprint density at radius 2 is 1.71 bits per heavy atom. The molecule has 0 spiro atoms. The zero-order chi connectivity index (χ0) is 19.5. The minimum absolute atomic E-state index is 0.445. The van der Waals surface area contributed by atoms with Crippen LogP contribution in [-0.2, 0) is 0 Å². The van der Waals surface area contributed by atoms with E-state index in [0.717, 1.165) is 37.7 Å². The first-order valence-corrected chi connectivity index (χ1v) is 12.7. The van der Waals surface area contributed by atoms with E-state index < -0.39 is 0 Å². The number of likely N-dealkylation sites (N-methyl/N-ethyl adjacent to an activating group) is 1. The first-order valence-electron chi connectivity index (χ1n) is 10.3. The first-order chi connectivity index (χ1) is 13.7. The molecule has 0 atom stereocenters. The summed E-state index contributed by atoms with van der Waals surface area (Å²) in [6.45, 7) is 10.0. The Kier molecular flexibility index (Phi) is 6.82. The maximum atomic E-state index is 7.05. The lowest BCUT2D eigenvalue weighted by Crippen LogP contribution is -2.46. The molecule has 2 fully saturated rings. The van der Waals surface area contributed by atoms with Gasteiger partial charge in [-0.2, -0.15) is 0 Å². The minimum Gasteiger partial charge on any atom is -0.369 e. The maximum Gasteiger partial charge on any atom is 0.0766 e. The van der Waals surface area contributed by atoms with E-state index in [0.29, 0.717) is 4.58 Å². The highest BCUT2D eigenvalue weighted by Crippen LogP contribution is 2.49. The molecule has 0 N–H and O–H groups in total. The lowest BCUT2D eigenvalue weighted by Gasteiger charge is -2.36. The quantitative estimate of drug-likeness (QED) is 0.556. The fraction of sp³-hybridized carbons (Fsp3) is 0.478. The Bertz CT molecular complexity index is 812. The van der Waals surface area contributed by atoms with Crippen LogP contribution in [0.4, 0.5) is 5.69 Å².